The lowest BCUT2D eigenvalue weighted by Gasteiger charge is -2.06. The molecule has 0 radical (unpaired) electrons. The fourth-order valence-corrected chi connectivity index (χ4v) is 0.714. The molecule has 0 aromatic carbocycles. The molecule has 0 aliphatic rings. The van der Waals surface area contributed by atoms with Crippen LogP contribution in [0.15, 0.2) is 11.6 Å². The van der Waals surface area contributed by atoms with E-state index in [9.17, 15) is 0 Å². The third kappa shape index (κ3) is 7.56. The highest BCUT2D eigenvalue weighted by atomic mass is 16.5. The first-order valence-electron chi connectivity index (χ1n) is 4.05. The largest absolute Gasteiger partial charge is 0.392 e. The summed E-state index contributed by atoms with van der Waals surface area (Å²) >= 11 is 0. The van der Waals surface area contributed by atoms with E-state index in [-0.39, 0.29) is 6.61 Å². The summed E-state index contributed by atoms with van der Waals surface area (Å²) in [7, 11) is 0. The number of aliphatic hydroxyl groups is 1. The molecule has 2 nitrogen and oxygen atoms in total. The van der Waals surface area contributed by atoms with Crippen LogP contribution in [0.1, 0.15) is 27.2 Å². The van der Waals surface area contributed by atoms with Gasteiger partial charge in [0.05, 0.1) is 19.3 Å². The van der Waals surface area contributed by atoms with Crippen LogP contribution in [-0.2, 0) is 4.74 Å². The molecule has 0 rings (SSSR count). The van der Waals surface area contributed by atoms with Crippen molar-refractivity contribution in [3.05, 3.63) is 11.6 Å². The third-order valence-electron chi connectivity index (χ3n) is 1.39. The second kappa shape index (κ2) is 6.38. The topological polar surface area (TPSA) is 29.5 Å². The summed E-state index contributed by atoms with van der Waals surface area (Å²) < 4.78 is 5.34. The minimum absolute atomic E-state index is 0.132. The Labute approximate surface area is 68.9 Å². The predicted molar refractivity (Wildman–Crippen MR) is 46.5 cm³/mol. The molecule has 0 aliphatic carbocycles. The summed E-state index contributed by atoms with van der Waals surface area (Å²) in [5.74, 6) is 0. The predicted octanol–water partition coefficient (Wildman–Crippen LogP) is 1.74. The van der Waals surface area contributed by atoms with Gasteiger partial charge in [-0.3, -0.25) is 0 Å². The Morgan fingerprint density at radius 1 is 1.55 bits per heavy atom. The van der Waals surface area contributed by atoms with Crippen molar-refractivity contribution in [1.82, 2.24) is 0 Å². The van der Waals surface area contributed by atoms with Crippen LogP contribution in [0, 0.1) is 0 Å². The van der Waals surface area contributed by atoms with Gasteiger partial charge in [0.25, 0.3) is 0 Å². The zero-order valence-electron chi connectivity index (χ0n) is 7.63. The number of aliphatic hydroxyl groups excluding tert-OH is 1. The van der Waals surface area contributed by atoms with Gasteiger partial charge >= 0.3 is 0 Å². The molecule has 11 heavy (non-hydrogen) atoms. The molecule has 0 spiro atoms. The van der Waals surface area contributed by atoms with Crippen LogP contribution < -0.4 is 0 Å². The monoisotopic (exact) mass is 158 g/mol. The summed E-state index contributed by atoms with van der Waals surface area (Å²) in [5, 5.41) is 8.53. The molecule has 0 saturated heterocycles. The lowest BCUT2D eigenvalue weighted by molar-refractivity contribution is 0.0813. The normalized spacial score (nSPS) is 12.6. The van der Waals surface area contributed by atoms with E-state index in [1.165, 1.54) is 5.57 Å². The van der Waals surface area contributed by atoms with Crippen molar-refractivity contribution in [2.45, 2.75) is 33.3 Å². The molecular weight excluding hydrogens is 140 g/mol. The summed E-state index contributed by atoms with van der Waals surface area (Å²) in [4.78, 5) is 0. The molecule has 1 N–H and O–H groups in total. The minimum Gasteiger partial charge on any atom is -0.392 e. The fourth-order valence-electron chi connectivity index (χ4n) is 0.714. The zero-order chi connectivity index (χ0) is 8.69. The average molecular weight is 158 g/mol. The van der Waals surface area contributed by atoms with E-state index in [4.69, 9.17) is 9.84 Å². The molecule has 0 atom stereocenters. The maximum atomic E-state index is 8.53. The highest BCUT2D eigenvalue weighted by Crippen LogP contribution is 2.00. The van der Waals surface area contributed by atoms with Gasteiger partial charge in [-0.2, -0.15) is 0 Å². The quantitative estimate of drug-likeness (QED) is 0.617. The van der Waals surface area contributed by atoms with Gasteiger partial charge in [0, 0.05) is 0 Å². The molecule has 0 aromatic rings. The number of hydrogen-bond acceptors (Lipinski definition) is 2. The molecule has 66 valence electrons. The van der Waals surface area contributed by atoms with Gasteiger partial charge < -0.3 is 9.84 Å². The second-order valence-electron chi connectivity index (χ2n) is 2.90. The summed E-state index contributed by atoms with van der Waals surface area (Å²) in [6.07, 6.45) is 3.03. The molecule has 2 heteroatoms. The Kier molecular flexibility index (Phi) is 6.18. The SMILES string of the molecule is C/C(=C\CO)CCOC(C)C. The zero-order valence-corrected chi connectivity index (χ0v) is 7.63. The van der Waals surface area contributed by atoms with Crippen LogP contribution in [0.25, 0.3) is 0 Å². The molecule has 0 fully saturated rings. The van der Waals surface area contributed by atoms with Crippen molar-refractivity contribution in [2.24, 2.45) is 0 Å². The molecule has 0 heterocycles. The number of rotatable bonds is 5. The second-order valence-corrected chi connectivity index (χ2v) is 2.90. The smallest absolute Gasteiger partial charge is 0.0614 e. The third-order valence-corrected chi connectivity index (χ3v) is 1.39. The van der Waals surface area contributed by atoms with Gasteiger partial charge in [0.1, 0.15) is 0 Å². The van der Waals surface area contributed by atoms with Crippen molar-refractivity contribution in [1.29, 1.82) is 0 Å². The molecule has 0 aliphatic heterocycles. The molecule has 0 saturated carbocycles. The molecule has 0 unspecified atom stereocenters. The Morgan fingerprint density at radius 3 is 2.64 bits per heavy atom. The molecule has 0 bridgehead atoms. The average Bonchev–Trinajstić information content (AvgIpc) is 1.87. The van der Waals surface area contributed by atoms with Gasteiger partial charge in [-0.05, 0) is 27.2 Å². The van der Waals surface area contributed by atoms with Crippen molar-refractivity contribution in [3.8, 4) is 0 Å². The first-order valence-corrected chi connectivity index (χ1v) is 4.05. The van der Waals surface area contributed by atoms with E-state index in [1.54, 1.807) is 0 Å². The Hall–Kier alpha value is -0.340. The van der Waals surface area contributed by atoms with E-state index in [0.29, 0.717) is 6.10 Å². The number of ether oxygens (including phenoxy) is 1. The van der Waals surface area contributed by atoms with Crippen LogP contribution in [0.5, 0.6) is 0 Å². The van der Waals surface area contributed by atoms with E-state index in [1.807, 2.05) is 26.8 Å². The van der Waals surface area contributed by atoms with Crippen molar-refractivity contribution < 1.29 is 9.84 Å². The van der Waals surface area contributed by atoms with E-state index in [2.05, 4.69) is 0 Å². The Balaban J connectivity index is 3.31. The number of hydrogen-bond donors (Lipinski definition) is 1. The van der Waals surface area contributed by atoms with Crippen LogP contribution in [0.4, 0.5) is 0 Å². The maximum Gasteiger partial charge on any atom is 0.0614 e. The minimum atomic E-state index is 0.132. The van der Waals surface area contributed by atoms with Gasteiger partial charge in [0.15, 0.2) is 0 Å². The summed E-state index contributed by atoms with van der Waals surface area (Å²) in [6.45, 7) is 6.92. The van der Waals surface area contributed by atoms with Crippen LogP contribution in [-0.4, -0.2) is 24.4 Å². The fraction of sp³-hybridized carbons (Fsp3) is 0.778. The van der Waals surface area contributed by atoms with Crippen molar-refractivity contribution in [3.63, 3.8) is 0 Å². The van der Waals surface area contributed by atoms with E-state index < -0.39 is 0 Å². The first kappa shape index (κ1) is 10.7. The van der Waals surface area contributed by atoms with E-state index in [0.717, 1.165) is 13.0 Å². The van der Waals surface area contributed by atoms with Crippen LogP contribution in [0.2, 0.25) is 0 Å². The Morgan fingerprint density at radius 2 is 2.18 bits per heavy atom. The van der Waals surface area contributed by atoms with Gasteiger partial charge in [-0.25, -0.2) is 0 Å². The lowest BCUT2D eigenvalue weighted by Crippen LogP contribution is -2.04. The summed E-state index contributed by atoms with van der Waals surface area (Å²) in [5.41, 5.74) is 1.19. The standard InChI is InChI=1S/C9H18O2/c1-8(2)11-7-5-9(3)4-6-10/h4,8,10H,5-7H2,1-3H3/b9-4+. The van der Waals surface area contributed by atoms with Crippen LogP contribution in [0.3, 0.4) is 0 Å². The van der Waals surface area contributed by atoms with Gasteiger partial charge in [-0.1, -0.05) is 11.6 Å². The molecule has 0 amide bonds. The van der Waals surface area contributed by atoms with Gasteiger partial charge in [-0.15, -0.1) is 0 Å². The lowest BCUT2D eigenvalue weighted by atomic mass is 10.2. The highest BCUT2D eigenvalue weighted by Gasteiger charge is 1.93. The molecule has 0 aromatic heterocycles. The maximum absolute atomic E-state index is 8.53. The van der Waals surface area contributed by atoms with Crippen LogP contribution >= 0.6 is 0 Å². The van der Waals surface area contributed by atoms with E-state index >= 15 is 0 Å². The molecular formula is C9H18O2. The first-order chi connectivity index (χ1) is 5.16. The van der Waals surface area contributed by atoms with Crippen molar-refractivity contribution >= 4 is 0 Å². The summed E-state index contributed by atoms with van der Waals surface area (Å²) in [6, 6.07) is 0. The van der Waals surface area contributed by atoms with Crippen molar-refractivity contribution in [2.75, 3.05) is 13.2 Å². The Bertz CT molecular complexity index is 117. The highest BCUT2D eigenvalue weighted by molar-refractivity contribution is 4.97. The van der Waals surface area contributed by atoms with Gasteiger partial charge in [0.2, 0.25) is 0 Å².